The summed E-state index contributed by atoms with van der Waals surface area (Å²) < 4.78 is 18.6. The van der Waals surface area contributed by atoms with Crippen LogP contribution in [0.15, 0.2) is 47.0 Å². The van der Waals surface area contributed by atoms with Crippen LogP contribution in [0, 0.1) is 12.7 Å². The summed E-state index contributed by atoms with van der Waals surface area (Å²) in [5.74, 6) is 0.455. The Labute approximate surface area is 121 Å². The van der Waals surface area contributed by atoms with E-state index in [1.54, 1.807) is 6.07 Å². The van der Waals surface area contributed by atoms with E-state index in [2.05, 4.69) is 10.1 Å². The second-order valence-corrected chi connectivity index (χ2v) is 4.78. The molecule has 2 N–H and O–H groups in total. The molecule has 0 spiro atoms. The Balaban J connectivity index is 1.97. The van der Waals surface area contributed by atoms with Crippen LogP contribution in [0.2, 0.25) is 0 Å². The maximum Gasteiger partial charge on any atom is 0.258 e. The van der Waals surface area contributed by atoms with Gasteiger partial charge in [0.15, 0.2) is 0 Å². The van der Waals surface area contributed by atoms with Crippen LogP contribution in [0.4, 0.5) is 4.39 Å². The van der Waals surface area contributed by atoms with Crippen LogP contribution in [0.3, 0.4) is 0 Å². The number of aromatic nitrogens is 2. The van der Waals surface area contributed by atoms with E-state index in [9.17, 15) is 4.39 Å². The average Bonchev–Trinajstić information content (AvgIpc) is 2.99. The van der Waals surface area contributed by atoms with Gasteiger partial charge in [0.05, 0.1) is 0 Å². The largest absolute Gasteiger partial charge is 0.334 e. The van der Waals surface area contributed by atoms with E-state index in [-0.39, 0.29) is 5.82 Å². The van der Waals surface area contributed by atoms with E-state index in [1.165, 1.54) is 12.1 Å². The highest BCUT2D eigenvalue weighted by Crippen LogP contribution is 2.25. The lowest BCUT2D eigenvalue weighted by Crippen LogP contribution is -1.95. The van der Waals surface area contributed by atoms with Gasteiger partial charge in [0, 0.05) is 17.7 Å². The van der Waals surface area contributed by atoms with Gasteiger partial charge in [-0.1, -0.05) is 23.4 Å². The van der Waals surface area contributed by atoms with Crippen molar-refractivity contribution in [1.29, 1.82) is 0 Å². The fourth-order valence-corrected chi connectivity index (χ4v) is 2.07. The molecule has 106 valence electrons. The molecule has 1 aromatic heterocycles. The van der Waals surface area contributed by atoms with Crippen LogP contribution < -0.4 is 5.73 Å². The molecule has 0 radical (unpaired) electrons. The molecule has 0 saturated heterocycles. The van der Waals surface area contributed by atoms with Gasteiger partial charge in [-0.15, -0.1) is 0 Å². The summed E-state index contributed by atoms with van der Waals surface area (Å²) in [7, 11) is 0. The predicted octanol–water partition coefficient (Wildman–Crippen LogP) is 3.31. The van der Waals surface area contributed by atoms with Crippen LogP contribution in [0.5, 0.6) is 0 Å². The molecular weight excluding hydrogens is 269 g/mol. The normalized spacial score (nSPS) is 10.8. The number of halogens is 1. The molecule has 0 aliphatic rings. The van der Waals surface area contributed by atoms with Crippen molar-refractivity contribution in [3.8, 4) is 22.8 Å². The SMILES string of the molecule is Cc1ccc(F)cc1-c1noc(-c2ccc(CN)cc2)n1. The molecule has 0 saturated carbocycles. The van der Waals surface area contributed by atoms with Gasteiger partial charge >= 0.3 is 0 Å². The van der Waals surface area contributed by atoms with E-state index in [0.717, 1.165) is 16.7 Å². The highest BCUT2D eigenvalue weighted by molar-refractivity contribution is 5.62. The van der Waals surface area contributed by atoms with Gasteiger partial charge in [-0.25, -0.2) is 4.39 Å². The second-order valence-electron chi connectivity index (χ2n) is 4.78. The Morgan fingerprint density at radius 2 is 1.90 bits per heavy atom. The summed E-state index contributed by atoms with van der Waals surface area (Å²) in [6.45, 7) is 2.36. The third kappa shape index (κ3) is 2.68. The lowest BCUT2D eigenvalue weighted by molar-refractivity contribution is 0.432. The molecule has 5 heteroatoms. The first-order chi connectivity index (χ1) is 10.2. The molecule has 0 unspecified atom stereocenters. The summed E-state index contributed by atoms with van der Waals surface area (Å²) >= 11 is 0. The van der Waals surface area contributed by atoms with Crippen molar-refractivity contribution < 1.29 is 8.91 Å². The summed E-state index contributed by atoms with van der Waals surface area (Å²) in [5, 5.41) is 3.93. The minimum absolute atomic E-state index is 0.325. The first-order valence-electron chi connectivity index (χ1n) is 6.57. The minimum Gasteiger partial charge on any atom is -0.334 e. The van der Waals surface area contributed by atoms with Gasteiger partial charge in [-0.2, -0.15) is 4.98 Å². The highest BCUT2D eigenvalue weighted by Gasteiger charge is 2.13. The molecule has 3 aromatic rings. The summed E-state index contributed by atoms with van der Waals surface area (Å²) in [6.07, 6.45) is 0. The van der Waals surface area contributed by atoms with Gasteiger partial charge < -0.3 is 10.3 Å². The zero-order chi connectivity index (χ0) is 14.8. The average molecular weight is 283 g/mol. The van der Waals surface area contributed by atoms with Crippen LogP contribution in [-0.4, -0.2) is 10.1 Å². The van der Waals surface area contributed by atoms with Crippen molar-refractivity contribution in [3.63, 3.8) is 0 Å². The first kappa shape index (κ1) is 13.5. The smallest absolute Gasteiger partial charge is 0.258 e. The van der Waals surface area contributed by atoms with Gasteiger partial charge in [-0.05, 0) is 42.3 Å². The summed E-state index contributed by atoms with van der Waals surface area (Å²) in [4.78, 5) is 4.33. The maximum atomic E-state index is 13.3. The van der Waals surface area contributed by atoms with Crippen molar-refractivity contribution >= 4 is 0 Å². The van der Waals surface area contributed by atoms with Crippen LogP contribution in [0.25, 0.3) is 22.8 Å². The topological polar surface area (TPSA) is 64.9 Å². The van der Waals surface area contributed by atoms with Crippen molar-refractivity contribution in [1.82, 2.24) is 10.1 Å². The molecule has 0 aliphatic carbocycles. The number of hydrogen-bond donors (Lipinski definition) is 1. The number of nitrogens with zero attached hydrogens (tertiary/aromatic N) is 2. The second kappa shape index (κ2) is 5.46. The molecule has 1 heterocycles. The monoisotopic (exact) mass is 283 g/mol. The highest BCUT2D eigenvalue weighted by atomic mass is 19.1. The predicted molar refractivity (Wildman–Crippen MR) is 77.8 cm³/mol. The summed E-state index contributed by atoms with van der Waals surface area (Å²) in [5.41, 5.74) is 8.91. The van der Waals surface area contributed by atoms with E-state index < -0.39 is 0 Å². The Hall–Kier alpha value is -2.53. The Bertz CT molecular complexity index is 765. The van der Waals surface area contributed by atoms with Gasteiger partial charge in [0.25, 0.3) is 5.89 Å². The molecule has 0 bridgehead atoms. The maximum absolute atomic E-state index is 13.3. The standard InChI is InChI=1S/C16H14FN3O/c1-10-2-7-13(17)8-14(10)15-19-16(21-20-15)12-5-3-11(9-18)4-6-12/h2-8H,9,18H2,1H3. The molecule has 4 nitrogen and oxygen atoms in total. The van der Waals surface area contributed by atoms with E-state index >= 15 is 0 Å². The number of rotatable bonds is 3. The lowest BCUT2D eigenvalue weighted by Gasteiger charge is -2.00. The van der Waals surface area contributed by atoms with Crippen molar-refractivity contribution in [2.75, 3.05) is 0 Å². The molecular formula is C16H14FN3O. The number of nitrogens with two attached hydrogens (primary N) is 1. The zero-order valence-corrected chi connectivity index (χ0v) is 11.5. The number of benzene rings is 2. The molecule has 21 heavy (non-hydrogen) atoms. The Morgan fingerprint density at radius 1 is 1.14 bits per heavy atom. The zero-order valence-electron chi connectivity index (χ0n) is 11.5. The van der Waals surface area contributed by atoms with Crippen molar-refractivity contribution in [2.24, 2.45) is 5.73 Å². The van der Waals surface area contributed by atoms with Crippen LogP contribution in [-0.2, 0) is 6.54 Å². The van der Waals surface area contributed by atoms with E-state index in [0.29, 0.717) is 23.8 Å². The Morgan fingerprint density at radius 3 is 2.62 bits per heavy atom. The van der Waals surface area contributed by atoms with Crippen LogP contribution >= 0.6 is 0 Å². The number of hydrogen-bond acceptors (Lipinski definition) is 4. The molecule has 0 amide bonds. The third-order valence-electron chi connectivity index (χ3n) is 3.30. The summed E-state index contributed by atoms with van der Waals surface area (Å²) in [6, 6.07) is 12.1. The fraction of sp³-hybridized carbons (Fsp3) is 0.125. The quantitative estimate of drug-likeness (QED) is 0.801. The van der Waals surface area contributed by atoms with Gasteiger partial charge in [0.2, 0.25) is 5.82 Å². The first-order valence-corrected chi connectivity index (χ1v) is 6.57. The molecule has 0 atom stereocenters. The Kier molecular flexibility index (Phi) is 3.50. The minimum atomic E-state index is -0.325. The number of aryl methyl sites for hydroxylation is 1. The van der Waals surface area contributed by atoms with Crippen LogP contribution in [0.1, 0.15) is 11.1 Å². The molecule has 2 aromatic carbocycles. The van der Waals surface area contributed by atoms with Gasteiger partial charge in [0.1, 0.15) is 5.82 Å². The fourth-order valence-electron chi connectivity index (χ4n) is 2.07. The van der Waals surface area contributed by atoms with E-state index in [1.807, 2.05) is 31.2 Å². The van der Waals surface area contributed by atoms with Crippen molar-refractivity contribution in [2.45, 2.75) is 13.5 Å². The van der Waals surface area contributed by atoms with E-state index in [4.69, 9.17) is 10.3 Å². The lowest BCUT2D eigenvalue weighted by atomic mass is 10.1. The molecule has 3 rings (SSSR count). The van der Waals surface area contributed by atoms with Crippen molar-refractivity contribution in [3.05, 3.63) is 59.4 Å². The molecule has 0 aliphatic heterocycles. The third-order valence-corrected chi connectivity index (χ3v) is 3.30. The van der Waals surface area contributed by atoms with Gasteiger partial charge in [-0.3, -0.25) is 0 Å². The molecule has 0 fully saturated rings.